The van der Waals surface area contributed by atoms with Crippen molar-refractivity contribution in [2.24, 2.45) is 5.41 Å². The van der Waals surface area contributed by atoms with Gasteiger partial charge in [-0.2, -0.15) is 0 Å². The molecular weight excluding hydrogens is 629 g/mol. The number of benzene rings is 2. The molecule has 0 spiro atoms. The number of rotatable bonds is 13. The lowest BCUT2D eigenvalue weighted by molar-refractivity contribution is -0.0974. The number of aromatic nitrogens is 2. The molecule has 2 N–H and O–H groups in total. The Bertz CT molecular complexity index is 1730. The molecule has 9 nitrogen and oxygen atoms in total. The van der Waals surface area contributed by atoms with Gasteiger partial charge in [-0.1, -0.05) is 32.6 Å². The van der Waals surface area contributed by atoms with Crippen molar-refractivity contribution in [2.45, 2.75) is 59.3 Å². The monoisotopic (exact) mass is 670 g/mol. The van der Waals surface area contributed by atoms with Gasteiger partial charge in [-0.05, 0) is 38.1 Å². The van der Waals surface area contributed by atoms with E-state index in [1.54, 1.807) is 22.9 Å². The van der Waals surface area contributed by atoms with Crippen molar-refractivity contribution in [3.63, 3.8) is 0 Å². The Kier molecular flexibility index (Phi) is 10.2. The third-order valence-electron chi connectivity index (χ3n) is 7.60. The minimum absolute atomic E-state index is 0.0387. The highest BCUT2D eigenvalue weighted by Gasteiger charge is 2.33. The lowest BCUT2D eigenvalue weighted by Gasteiger charge is -2.37. The standard InChI is InChI=1S/C34H41F3N4O5Si/c1-21(2)45-27-9-7-8-24(35)29(27)23-16-41(20-43-12-13-47(4,5)6)32-30(23)28(10-11-38-32)46-31-25(36)14-22(15-26(31)37)40-33(42)39-17-34(3)18-44-19-34/h7-11,14-16,21H,12-13,17-20H2,1-6H3,(H2,39,40,42). The van der Waals surface area contributed by atoms with Gasteiger partial charge in [0.1, 0.15) is 29.7 Å². The number of halogens is 3. The first-order valence-corrected chi connectivity index (χ1v) is 19.2. The van der Waals surface area contributed by atoms with Crippen LogP contribution in [0.15, 0.2) is 48.8 Å². The zero-order valence-electron chi connectivity index (χ0n) is 27.5. The van der Waals surface area contributed by atoms with Crippen molar-refractivity contribution < 1.29 is 36.9 Å². The molecule has 2 aromatic carbocycles. The molecule has 0 bridgehead atoms. The van der Waals surface area contributed by atoms with Crippen LogP contribution in [0, 0.1) is 22.9 Å². The second-order valence-corrected chi connectivity index (χ2v) is 19.3. The normalized spacial score (nSPS) is 14.3. The summed E-state index contributed by atoms with van der Waals surface area (Å²) in [5.74, 6) is -3.01. The molecule has 4 aromatic rings. The van der Waals surface area contributed by atoms with Crippen LogP contribution >= 0.6 is 0 Å². The van der Waals surface area contributed by atoms with Crippen molar-refractivity contribution in [2.75, 3.05) is 31.7 Å². The number of anilines is 1. The Balaban J connectivity index is 1.49. The first kappa shape index (κ1) is 34.3. The van der Waals surface area contributed by atoms with E-state index in [-0.39, 0.29) is 35.3 Å². The molecule has 0 aliphatic carbocycles. The van der Waals surface area contributed by atoms with Crippen LogP contribution in [0.1, 0.15) is 20.8 Å². The highest BCUT2D eigenvalue weighted by atomic mass is 28.3. The van der Waals surface area contributed by atoms with Crippen LogP contribution in [0.5, 0.6) is 17.2 Å². The predicted molar refractivity (Wildman–Crippen MR) is 177 cm³/mol. The molecule has 1 aliphatic rings. The molecule has 0 atom stereocenters. The van der Waals surface area contributed by atoms with Gasteiger partial charge < -0.3 is 34.1 Å². The van der Waals surface area contributed by atoms with E-state index in [9.17, 15) is 4.79 Å². The molecular formula is C34H41F3N4O5Si. The van der Waals surface area contributed by atoms with Crippen molar-refractivity contribution in [1.29, 1.82) is 0 Å². The van der Waals surface area contributed by atoms with E-state index in [4.69, 9.17) is 18.9 Å². The predicted octanol–water partition coefficient (Wildman–Crippen LogP) is 8.17. The number of urea groups is 1. The lowest BCUT2D eigenvalue weighted by Crippen LogP contribution is -2.49. The molecule has 0 saturated carbocycles. The van der Waals surface area contributed by atoms with Crippen molar-refractivity contribution in [3.05, 3.63) is 66.2 Å². The molecule has 0 unspecified atom stereocenters. The van der Waals surface area contributed by atoms with Crippen molar-refractivity contribution in [1.82, 2.24) is 14.9 Å². The molecule has 1 fully saturated rings. The first-order chi connectivity index (χ1) is 22.2. The highest BCUT2D eigenvalue weighted by molar-refractivity contribution is 6.76. The highest BCUT2D eigenvalue weighted by Crippen LogP contribution is 2.43. The van der Waals surface area contributed by atoms with Crippen LogP contribution in [0.25, 0.3) is 22.2 Å². The van der Waals surface area contributed by atoms with E-state index >= 15 is 13.2 Å². The summed E-state index contributed by atoms with van der Waals surface area (Å²) in [7, 11) is -1.35. The number of carbonyl (C=O) groups excluding carboxylic acids is 1. The molecule has 13 heteroatoms. The average Bonchev–Trinajstić information content (AvgIpc) is 3.33. The summed E-state index contributed by atoms with van der Waals surface area (Å²) in [5, 5.41) is 5.46. The summed E-state index contributed by atoms with van der Waals surface area (Å²) >= 11 is 0. The van der Waals surface area contributed by atoms with Crippen LogP contribution < -0.4 is 20.1 Å². The molecule has 0 radical (unpaired) electrons. The fourth-order valence-corrected chi connectivity index (χ4v) is 5.84. The van der Waals surface area contributed by atoms with Crippen molar-refractivity contribution in [3.8, 4) is 28.4 Å². The van der Waals surface area contributed by atoms with Gasteiger partial charge in [0.2, 0.25) is 0 Å². The third kappa shape index (κ3) is 8.27. The van der Waals surface area contributed by atoms with Gasteiger partial charge in [0, 0.05) is 62.4 Å². The molecule has 1 saturated heterocycles. The van der Waals surface area contributed by atoms with Crippen LogP contribution in [-0.4, -0.2) is 56.1 Å². The van der Waals surface area contributed by atoms with E-state index in [1.807, 2.05) is 20.8 Å². The second-order valence-electron chi connectivity index (χ2n) is 13.6. The number of amides is 2. The number of nitrogens with one attached hydrogen (secondary N) is 2. The molecule has 3 heterocycles. The zero-order chi connectivity index (χ0) is 33.9. The van der Waals surface area contributed by atoms with Crippen LogP contribution in [0.4, 0.5) is 23.7 Å². The number of fused-ring (bicyclic) bond motifs is 1. The average molecular weight is 671 g/mol. The van der Waals surface area contributed by atoms with Crippen LogP contribution in [0.2, 0.25) is 25.7 Å². The Morgan fingerprint density at radius 2 is 1.81 bits per heavy atom. The van der Waals surface area contributed by atoms with E-state index < -0.39 is 37.3 Å². The quantitative estimate of drug-likeness (QED) is 0.110. The maximum atomic E-state index is 15.6. The Morgan fingerprint density at radius 3 is 2.45 bits per heavy atom. The Labute approximate surface area is 273 Å². The van der Waals surface area contributed by atoms with E-state index in [0.29, 0.717) is 48.7 Å². The number of hydrogen-bond donors (Lipinski definition) is 2. The summed E-state index contributed by atoms with van der Waals surface area (Å²) < 4.78 is 71.2. The molecule has 2 aromatic heterocycles. The summed E-state index contributed by atoms with van der Waals surface area (Å²) in [4.78, 5) is 16.9. The van der Waals surface area contributed by atoms with Crippen molar-refractivity contribution >= 4 is 30.8 Å². The fourth-order valence-electron chi connectivity index (χ4n) is 5.08. The maximum Gasteiger partial charge on any atom is 0.319 e. The van der Waals surface area contributed by atoms with Crippen LogP contribution in [0.3, 0.4) is 0 Å². The van der Waals surface area contributed by atoms with Gasteiger partial charge in [0.05, 0.1) is 30.3 Å². The van der Waals surface area contributed by atoms with Gasteiger partial charge in [-0.15, -0.1) is 0 Å². The Hall–Kier alpha value is -4.07. The number of ether oxygens (including phenoxy) is 4. The number of hydrogen-bond acceptors (Lipinski definition) is 6. The maximum absolute atomic E-state index is 15.6. The molecule has 1 aliphatic heterocycles. The molecule has 252 valence electrons. The summed E-state index contributed by atoms with van der Waals surface area (Å²) in [6.45, 7) is 14.4. The molecule has 47 heavy (non-hydrogen) atoms. The zero-order valence-corrected chi connectivity index (χ0v) is 28.5. The largest absolute Gasteiger partial charge is 0.490 e. The molecule has 2 amide bonds. The topological polar surface area (TPSA) is 95.9 Å². The van der Waals surface area contributed by atoms with Gasteiger partial charge in [-0.3, -0.25) is 0 Å². The van der Waals surface area contributed by atoms with Gasteiger partial charge >= 0.3 is 6.03 Å². The SMILES string of the molecule is CC(C)Oc1cccc(F)c1-c1cn(COCC[Si](C)(C)C)c2nccc(Oc3c(F)cc(NC(=O)NCC4(C)COC4)cc3F)c12. The first-order valence-electron chi connectivity index (χ1n) is 15.5. The number of carbonyl (C=O) groups is 1. The number of nitrogens with zero attached hydrogens (tertiary/aromatic N) is 2. The summed E-state index contributed by atoms with van der Waals surface area (Å²) in [6, 6.07) is 8.24. The Morgan fingerprint density at radius 1 is 1.09 bits per heavy atom. The fraction of sp³-hybridized carbons (Fsp3) is 0.412. The number of pyridine rings is 1. The minimum Gasteiger partial charge on any atom is -0.490 e. The minimum atomic E-state index is -1.35. The van der Waals surface area contributed by atoms with Crippen LogP contribution in [-0.2, 0) is 16.2 Å². The van der Waals surface area contributed by atoms with E-state index in [0.717, 1.165) is 18.2 Å². The molecule has 5 rings (SSSR count). The second kappa shape index (κ2) is 14.0. The van der Waals surface area contributed by atoms with E-state index in [1.165, 1.54) is 18.3 Å². The van der Waals surface area contributed by atoms with Gasteiger partial charge in [0.15, 0.2) is 17.4 Å². The van der Waals surface area contributed by atoms with Gasteiger partial charge in [-0.25, -0.2) is 22.9 Å². The lowest BCUT2D eigenvalue weighted by atomic mass is 9.89. The summed E-state index contributed by atoms with van der Waals surface area (Å²) in [5.41, 5.74) is 0.601. The summed E-state index contributed by atoms with van der Waals surface area (Å²) in [6.07, 6.45) is 2.87. The third-order valence-corrected chi connectivity index (χ3v) is 9.30. The smallest absolute Gasteiger partial charge is 0.319 e. The van der Waals surface area contributed by atoms with E-state index in [2.05, 4.69) is 35.3 Å². The van der Waals surface area contributed by atoms with Gasteiger partial charge in [0.25, 0.3) is 0 Å².